The van der Waals surface area contributed by atoms with Crippen LogP contribution in [0.25, 0.3) is 0 Å². The Kier molecular flexibility index (Phi) is 5.30. The van der Waals surface area contributed by atoms with Crippen LogP contribution in [0, 0.1) is 0 Å². The van der Waals surface area contributed by atoms with Gasteiger partial charge in [0.05, 0.1) is 11.3 Å². The zero-order valence-corrected chi connectivity index (χ0v) is 18.7. The van der Waals surface area contributed by atoms with Crippen molar-refractivity contribution in [2.75, 3.05) is 18.0 Å². The van der Waals surface area contributed by atoms with Crippen LogP contribution in [0.5, 0.6) is 0 Å². The molecule has 1 atom stereocenters. The number of nitrogens with one attached hydrogen (secondary N) is 1. The number of halogens is 1. The van der Waals surface area contributed by atoms with Gasteiger partial charge in [-0.15, -0.1) is 0 Å². The molecule has 1 fully saturated rings. The lowest BCUT2D eigenvalue weighted by Crippen LogP contribution is -2.64. The van der Waals surface area contributed by atoms with Crippen molar-refractivity contribution in [1.82, 2.24) is 10.2 Å². The molecule has 2 aromatic carbocycles. The maximum atomic E-state index is 13.3. The Bertz CT molecular complexity index is 1070. The molecule has 162 valence electrons. The molecule has 6 nitrogen and oxygen atoms in total. The van der Waals surface area contributed by atoms with Gasteiger partial charge < -0.3 is 10.2 Å². The Balaban J connectivity index is 1.54. The van der Waals surface area contributed by atoms with Crippen LogP contribution < -0.4 is 10.2 Å². The van der Waals surface area contributed by atoms with E-state index in [1.165, 1.54) is 4.90 Å². The van der Waals surface area contributed by atoms with E-state index < -0.39 is 5.66 Å². The number of anilines is 1. The Morgan fingerprint density at radius 2 is 1.81 bits per heavy atom. The SMILES string of the molecule is CC(C)(CNC(=O)CN1C(=O)c2ccccc2N2C(=O)CCC12C)c1ccccc1Cl. The number of carbonyl (C=O) groups is 3. The molecule has 0 aliphatic carbocycles. The fourth-order valence-electron chi connectivity index (χ4n) is 4.57. The second-order valence-electron chi connectivity index (χ2n) is 9.00. The predicted molar refractivity (Wildman–Crippen MR) is 120 cm³/mol. The third kappa shape index (κ3) is 3.59. The smallest absolute Gasteiger partial charge is 0.258 e. The van der Waals surface area contributed by atoms with E-state index >= 15 is 0 Å². The molecule has 0 spiro atoms. The zero-order valence-electron chi connectivity index (χ0n) is 17.9. The van der Waals surface area contributed by atoms with Crippen LogP contribution in [0.4, 0.5) is 5.69 Å². The first-order valence-electron chi connectivity index (χ1n) is 10.4. The van der Waals surface area contributed by atoms with Gasteiger partial charge in [-0.1, -0.05) is 55.8 Å². The highest BCUT2D eigenvalue weighted by Gasteiger charge is 2.53. The number of benzene rings is 2. The molecule has 1 unspecified atom stereocenters. The molecule has 0 saturated carbocycles. The first kappa shape index (κ1) is 21.4. The minimum absolute atomic E-state index is 0.0345. The van der Waals surface area contributed by atoms with Gasteiger partial charge in [-0.3, -0.25) is 19.3 Å². The fraction of sp³-hybridized carbons (Fsp3) is 0.375. The second-order valence-corrected chi connectivity index (χ2v) is 9.40. The van der Waals surface area contributed by atoms with Crippen LogP contribution >= 0.6 is 11.6 Å². The lowest BCUT2D eigenvalue weighted by atomic mass is 9.84. The third-order valence-corrected chi connectivity index (χ3v) is 6.71. The van der Waals surface area contributed by atoms with E-state index in [2.05, 4.69) is 5.32 Å². The highest BCUT2D eigenvalue weighted by atomic mass is 35.5. The zero-order chi connectivity index (χ0) is 22.4. The van der Waals surface area contributed by atoms with Crippen LogP contribution in [0.3, 0.4) is 0 Å². The maximum Gasteiger partial charge on any atom is 0.258 e. The Morgan fingerprint density at radius 3 is 2.55 bits per heavy atom. The normalized spacial score (nSPS) is 20.5. The average molecular weight is 440 g/mol. The average Bonchev–Trinajstić information content (AvgIpc) is 3.05. The summed E-state index contributed by atoms with van der Waals surface area (Å²) < 4.78 is 0. The van der Waals surface area contributed by atoms with Crippen LogP contribution in [0.2, 0.25) is 5.02 Å². The van der Waals surface area contributed by atoms with Crippen molar-refractivity contribution in [2.45, 2.75) is 44.7 Å². The summed E-state index contributed by atoms with van der Waals surface area (Å²) in [7, 11) is 0. The molecule has 1 N–H and O–H groups in total. The van der Waals surface area contributed by atoms with Crippen molar-refractivity contribution in [1.29, 1.82) is 0 Å². The highest BCUT2D eigenvalue weighted by molar-refractivity contribution is 6.31. The van der Waals surface area contributed by atoms with Crippen LogP contribution in [-0.2, 0) is 15.0 Å². The molecule has 2 aliphatic heterocycles. The summed E-state index contributed by atoms with van der Waals surface area (Å²) >= 11 is 6.34. The molecule has 2 aliphatic rings. The minimum Gasteiger partial charge on any atom is -0.354 e. The molecule has 0 aromatic heterocycles. The van der Waals surface area contributed by atoms with Gasteiger partial charge in [0.25, 0.3) is 5.91 Å². The summed E-state index contributed by atoms with van der Waals surface area (Å²) in [6.07, 6.45) is 0.833. The van der Waals surface area contributed by atoms with E-state index in [1.807, 2.05) is 51.1 Å². The van der Waals surface area contributed by atoms with Crippen molar-refractivity contribution in [3.63, 3.8) is 0 Å². The number of carbonyl (C=O) groups excluding carboxylic acids is 3. The van der Waals surface area contributed by atoms with E-state index in [9.17, 15) is 14.4 Å². The minimum atomic E-state index is -0.849. The number of nitrogens with zero attached hydrogens (tertiary/aromatic N) is 2. The van der Waals surface area contributed by atoms with Crippen molar-refractivity contribution in [2.24, 2.45) is 0 Å². The van der Waals surface area contributed by atoms with Gasteiger partial charge in [0.2, 0.25) is 11.8 Å². The highest BCUT2D eigenvalue weighted by Crippen LogP contribution is 2.43. The molecule has 0 bridgehead atoms. The number of rotatable bonds is 5. The largest absolute Gasteiger partial charge is 0.354 e. The number of hydrogen-bond donors (Lipinski definition) is 1. The van der Waals surface area contributed by atoms with Crippen LogP contribution in [0.1, 0.15) is 49.5 Å². The molecular formula is C24H26ClN3O3. The summed E-state index contributed by atoms with van der Waals surface area (Å²) in [6.45, 7) is 6.12. The Labute approximate surface area is 187 Å². The Hall–Kier alpha value is -2.86. The number of fused-ring (bicyclic) bond motifs is 3. The molecule has 3 amide bonds. The van der Waals surface area contributed by atoms with E-state index in [0.717, 1.165) is 5.56 Å². The van der Waals surface area contributed by atoms with Crippen molar-refractivity contribution >= 4 is 35.0 Å². The molecule has 2 heterocycles. The van der Waals surface area contributed by atoms with E-state index in [0.29, 0.717) is 35.7 Å². The van der Waals surface area contributed by atoms with Crippen LogP contribution in [-0.4, -0.2) is 41.4 Å². The summed E-state index contributed by atoms with van der Waals surface area (Å²) in [4.78, 5) is 42.0. The monoisotopic (exact) mass is 439 g/mol. The Morgan fingerprint density at radius 1 is 1.13 bits per heavy atom. The third-order valence-electron chi connectivity index (χ3n) is 6.38. The summed E-state index contributed by atoms with van der Waals surface area (Å²) in [6, 6.07) is 14.6. The molecule has 4 rings (SSSR count). The molecule has 31 heavy (non-hydrogen) atoms. The lowest BCUT2D eigenvalue weighted by Gasteiger charge is -2.48. The molecule has 2 aromatic rings. The number of hydrogen-bond acceptors (Lipinski definition) is 3. The quantitative estimate of drug-likeness (QED) is 0.771. The molecular weight excluding hydrogens is 414 g/mol. The van der Waals surface area contributed by atoms with Crippen LogP contribution in [0.15, 0.2) is 48.5 Å². The van der Waals surface area contributed by atoms with Crippen molar-refractivity contribution in [3.05, 3.63) is 64.7 Å². The number of amides is 3. The fourth-order valence-corrected chi connectivity index (χ4v) is 4.96. The van der Waals surface area contributed by atoms with Gasteiger partial charge in [-0.25, -0.2) is 0 Å². The van der Waals surface area contributed by atoms with E-state index in [4.69, 9.17) is 11.6 Å². The first-order chi connectivity index (χ1) is 14.6. The van der Waals surface area contributed by atoms with Crippen molar-refractivity contribution < 1.29 is 14.4 Å². The van der Waals surface area contributed by atoms with Gasteiger partial charge in [-0.2, -0.15) is 0 Å². The predicted octanol–water partition coefficient (Wildman–Crippen LogP) is 3.73. The van der Waals surface area contributed by atoms with Gasteiger partial charge in [0.1, 0.15) is 12.2 Å². The lowest BCUT2D eigenvalue weighted by molar-refractivity contribution is -0.124. The summed E-state index contributed by atoms with van der Waals surface area (Å²) in [5.41, 5.74) is 0.775. The molecule has 0 radical (unpaired) electrons. The van der Waals surface area contributed by atoms with E-state index in [1.54, 1.807) is 23.1 Å². The van der Waals surface area contributed by atoms with Gasteiger partial charge in [-0.05, 0) is 37.1 Å². The maximum absolute atomic E-state index is 13.3. The standard InChI is InChI=1S/C24H26ClN3O3/c1-23(2,17-9-5-6-10-18(17)25)15-26-20(29)14-27-22(31)16-8-4-7-11-19(16)28-21(30)12-13-24(27,28)3/h4-11H,12-15H2,1-3H3,(H,26,29). The molecule has 7 heteroatoms. The van der Waals surface area contributed by atoms with Gasteiger partial charge >= 0.3 is 0 Å². The second kappa shape index (κ2) is 7.68. The number of para-hydroxylation sites is 1. The molecule has 1 saturated heterocycles. The topological polar surface area (TPSA) is 69.7 Å². The van der Waals surface area contributed by atoms with Gasteiger partial charge in [0.15, 0.2) is 0 Å². The summed E-state index contributed by atoms with van der Waals surface area (Å²) in [5.74, 6) is -0.536. The van der Waals surface area contributed by atoms with Gasteiger partial charge in [0, 0.05) is 23.4 Å². The van der Waals surface area contributed by atoms with E-state index in [-0.39, 0.29) is 29.7 Å². The summed E-state index contributed by atoms with van der Waals surface area (Å²) in [5, 5.41) is 3.60. The van der Waals surface area contributed by atoms with Crippen molar-refractivity contribution in [3.8, 4) is 0 Å². The first-order valence-corrected chi connectivity index (χ1v) is 10.8.